The van der Waals surface area contributed by atoms with Gasteiger partial charge in [-0.05, 0) is 19.4 Å². The molecular weight excluding hydrogens is 146 g/mol. The van der Waals surface area contributed by atoms with Crippen molar-refractivity contribution in [2.75, 3.05) is 6.54 Å². The minimum absolute atomic E-state index is 0.485. The van der Waals surface area contributed by atoms with Crippen molar-refractivity contribution in [2.45, 2.75) is 18.9 Å². The largest absolute Gasteiger partial charge is 0.309 e. The minimum atomic E-state index is 0.485. The van der Waals surface area contributed by atoms with Crippen LogP contribution in [-0.2, 0) is 0 Å². The highest BCUT2D eigenvalue weighted by Gasteiger charge is 2.17. The van der Waals surface area contributed by atoms with Crippen LogP contribution < -0.4 is 5.32 Å². The van der Waals surface area contributed by atoms with Crippen LogP contribution in [0.5, 0.6) is 0 Å². The van der Waals surface area contributed by atoms with Crippen LogP contribution in [0, 0.1) is 0 Å². The third-order valence-corrected chi connectivity index (χ3v) is 2.29. The summed E-state index contributed by atoms with van der Waals surface area (Å²) in [4.78, 5) is 0. The molecule has 1 aliphatic rings. The molecule has 0 amide bonds. The van der Waals surface area contributed by atoms with E-state index in [0.29, 0.717) is 6.04 Å². The van der Waals surface area contributed by atoms with Crippen LogP contribution in [0.2, 0.25) is 0 Å². The molecule has 3 nitrogen and oxygen atoms in total. The summed E-state index contributed by atoms with van der Waals surface area (Å²) >= 11 is 1.29. The maximum absolute atomic E-state index is 4.17. The lowest BCUT2D eigenvalue weighted by molar-refractivity contribution is 0.633. The van der Waals surface area contributed by atoms with Gasteiger partial charge in [-0.15, -0.1) is 0 Å². The van der Waals surface area contributed by atoms with Crippen molar-refractivity contribution in [3.05, 3.63) is 11.9 Å². The van der Waals surface area contributed by atoms with E-state index in [0.717, 1.165) is 12.2 Å². The molecule has 0 bridgehead atoms. The molecule has 2 heterocycles. The van der Waals surface area contributed by atoms with Crippen LogP contribution in [0.3, 0.4) is 0 Å². The van der Waals surface area contributed by atoms with Crippen LogP contribution in [0.25, 0.3) is 0 Å². The van der Waals surface area contributed by atoms with Gasteiger partial charge in [-0.2, -0.15) is 8.75 Å². The fraction of sp³-hybridized carbons (Fsp3) is 0.667. The first-order valence-corrected chi connectivity index (χ1v) is 4.21. The smallest absolute Gasteiger partial charge is 0.0912 e. The van der Waals surface area contributed by atoms with Crippen LogP contribution >= 0.6 is 11.7 Å². The summed E-state index contributed by atoms with van der Waals surface area (Å²) < 4.78 is 8.12. The molecule has 0 aliphatic carbocycles. The molecule has 1 unspecified atom stereocenters. The molecule has 1 N–H and O–H groups in total. The lowest BCUT2D eigenvalue weighted by Gasteiger charge is -2.02. The molecule has 0 saturated carbocycles. The average Bonchev–Trinajstić information content (AvgIpc) is 2.59. The van der Waals surface area contributed by atoms with Crippen molar-refractivity contribution in [3.8, 4) is 0 Å². The second-order valence-corrected chi connectivity index (χ2v) is 3.04. The highest BCUT2D eigenvalue weighted by Crippen LogP contribution is 2.20. The molecule has 0 radical (unpaired) electrons. The van der Waals surface area contributed by atoms with Gasteiger partial charge in [0.25, 0.3) is 0 Å². The van der Waals surface area contributed by atoms with Crippen molar-refractivity contribution in [3.63, 3.8) is 0 Å². The molecule has 54 valence electrons. The molecule has 0 aromatic carbocycles. The van der Waals surface area contributed by atoms with E-state index in [2.05, 4.69) is 14.1 Å². The highest BCUT2D eigenvalue weighted by molar-refractivity contribution is 6.99. The number of hydrogen-bond donors (Lipinski definition) is 1. The summed E-state index contributed by atoms with van der Waals surface area (Å²) in [6.45, 7) is 1.13. The van der Waals surface area contributed by atoms with Crippen molar-refractivity contribution in [2.24, 2.45) is 0 Å². The van der Waals surface area contributed by atoms with Crippen molar-refractivity contribution >= 4 is 11.7 Å². The van der Waals surface area contributed by atoms with E-state index >= 15 is 0 Å². The first-order chi connectivity index (χ1) is 4.97. The molecule has 1 saturated heterocycles. The maximum atomic E-state index is 4.17. The van der Waals surface area contributed by atoms with Gasteiger partial charge in [0.1, 0.15) is 0 Å². The molecule has 10 heavy (non-hydrogen) atoms. The van der Waals surface area contributed by atoms with Crippen LogP contribution in [-0.4, -0.2) is 15.3 Å². The fourth-order valence-electron chi connectivity index (χ4n) is 1.26. The van der Waals surface area contributed by atoms with Gasteiger partial charge in [0, 0.05) is 0 Å². The second kappa shape index (κ2) is 2.64. The second-order valence-electron chi connectivity index (χ2n) is 2.48. The molecular formula is C6H9N3S. The lowest BCUT2D eigenvalue weighted by atomic mass is 10.2. The van der Waals surface area contributed by atoms with Gasteiger partial charge in [-0.3, -0.25) is 0 Å². The number of rotatable bonds is 1. The SMILES string of the molecule is c1nsnc1C1CCCN1. The van der Waals surface area contributed by atoms with Gasteiger partial charge in [-0.25, -0.2) is 0 Å². The number of nitrogens with one attached hydrogen (secondary N) is 1. The first kappa shape index (κ1) is 6.24. The van der Waals surface area contributed by atoms with Gasteiger partial charge >= 0.3 is 0 Å². The quantitative estimate of drug-likeness (QED) is 0.656. The predicted molar refractivity (Wildman–Crippen MR) is 39.9 cm³/mol. The summed E-state index contributed by atoms with van der Waals surface area (Å²) in [5, 5.41) is 3.36. The van der Waals surface area contributed by atoms with E-state index in [1.54, 1.807) is 0 Å². The van der Waals surface area contributed by atoms with Crippen molar-refractivity contribution in [1.82, 2.24) is 14.1 Å². The summed E-state index contributed by atoms with van der Waals surface area (Å²) in [6.07, 6.45) is 4.33. The van der Waals surface area contributed by atoms with Crippen molar-refractivity contribution < 1.29 is 0 Å². The van der Waals surface area contributed by atoms with Gasteiger partial charge in [0.15, 0.2) is 0 Å². The van der Waals surface area contributed by atoms with Gasteiger partial charge in [-0.1, -0.05) is 0 Å². The normalized spacial score (nSPS) is 25.4. The van der Waals surface area contributed by atoms with E-state index in [1.165, 1.54) is 24.6 Å². The van der Waals surface area contributed by atoms with Crippen LogP contribution in [0.15, 0.2) is 6.20 Å². The van der Waals surface area contributed by atoms with Gasteiger partial charge < -0.3 is 5.32 Å². The average molecular weight is 155 g/mol. The summed E-state index contributed by atoms with van der Waals surface area (Å²) in [5.41, 5.74) is 1.11. The van der Waals surface area contributed by atoms with E-state index < -0.39 is 0 Å². The number of aromatic nitrogens is 2. The Balaban J connectivity index is 2.12. The Morgan fingerprint density at radius 2 is 2.70 bits per heavy atom. The number of nitrogens with zero attached hydrogens (tertiary/aromatic N) is 2. The zero-order chi connectivity index (χ0) is 6.81. The summed E-state index contributed by atoms with van der Waals surface area (Å²) in [7, 11) is 0. The van der Waals surface area contributed by atoms with E-state index in [-0.39, 0.29) is 0 Å². The molecule has 1 aromatic rings. The zero-order valence-electron chi connectivity index (χ0n) is 5.58. The topological polar surface area (TPSA) is 37.8 Å². The first-order valence-electron chi connectivity index (χ1n) is 3.47. The van der Waals surface area contributed by atoms with E-state index in [1.807, 2.05) is 6.20 Å². The van der Waals surface area contributed by atoms with E-state index in [9.17, 15) is 0 Å². The Morgan fingerprint density at radius 1 is 1.70 bits per heavy atom. The Kier molecular flexibility index (Phi) is 1.65. The molecule has 2 rings (SSSR count). The molecule has 4 heteroatoms. The van der Waals surface area contributed by atoms with Crippen molar-refractivity contribution in [1.29, 1.82) is 0 Å². The van der Waals surface area contributed by atoms with Gasteiger partial charge in [0.05, 0.1) is 29.7 Å². The molecule has 1 fully saturated rings. The highest BCUT2D eigenvalue weighted by atomic mass is 32.1. The summed E-state index contributed by atoms with van der Waals surface area (Å²) in [6, 6.07) is 0.485. The van der Waals surface area contributed by atoms with E-state index in [4.69, 9.17) is 0 Å². The Labute approximate surface area is 63.8 Å². The third-order valence-electron chi connectivity index (χ3n) is 1.80. The van der Waals surface area contributed by atoms with Crippen LogP contribution in [0.1, 0.15) is 24.6 Å². The minimum Gasteiger partial charge on any atom is -0.309 e. The van der Waals surface area contributed by atoms with Gasteiger partial charge in [0.2, 0.25) is 0 Å². The molecule has 0 spiro atoms. The Morgan fingerprint density at radius 3 is 3.30 bits per heavy atom. The third kappa shape index (κ3) is 1.04. The van der Waals surface area contributed by atoms with Crippen LogP contribution in [0.4, 0.5) is 0 Å². The molecule has 1 aliphatic heterocycles. The summed E-state index contributed by atoms with van der Waals surface area (Å²) in [5.74, 6) is 0. The monoisotopic (exact) mass is 155 g/mol. The lowest BCUT2D eigenvalue weighted by Crippen LogP contribution is -2.12. The molecule has 1 atom stereocenters. The molecule has 1 aromatic heterocycles. The predicted octanol–water partition coefficient (Wildman–Crippen LogP) is 0.963. The fourth-order valence-corrected chi connectivity index (χ4v) is 1.73. The zero-order valence-corrected chi connectivity index (χ0v) is 6.40. The Hall–Kier alpha value is -0.480. The standard InChI is InChI=1S/C6H9N3S/c1-2-5(7-3-1)6-4-8-10-9-6/h4-5,7H,1-3H2. The maximum Gasteiger partial charge on any atom is 0.0912 e. The Bertz CT molecular complexity index is 191. The number of hydrogen-bond acceptors (Lipinski definition) is 4.